The molecular formula is C23H35FN2O2. The molecule has 1 heterocycles. The predicted octanol–water partition coefficient (Wildman–Crippen LogP) is 3.54. The molecule has 1 aliphatic heterocycles. The van der Waals surface area contributed by atoms with Gasteiger partial charge < -0.3 is 14.7 Å². The molecule has 0 spiro atoms. The number of anilines is 1. The molecule has 0 unspecified atom stereocenters. The van der Waals surface area contributed by atoms with Crippen molar-refractivity contribution in [3.05, 3.63) is 30.1 Å². The molecule has 4 rings (SSSR count). The Morgan fingerprint density at radius 1 is 1.14 bits per heavy atom. The van der Waals surface area contributed by atoms with E-state index in [4.69, 9.17) is 4.74 Å². The number of rotatable bonds is 6. The number of aliphatic hydroxyl groups excluding tert-OH is 1. The van der Waals surface area contributed by atoms with Crippen LogP contribution in [0.5, 0.6) is 0 Å². The van der Waals surface area contributed by atoms with Gasteiger partial charge in [0.25, 0.3) is 0 Å². The molecule has 1 aromatic carbocycles. The highest BCUT2D eigenvalue weighted by molar-refractivity contribution is 5.46. The summed E-state index contributed by atoms with van der Waals surface area (Å²) in [6, 6.07) is 6.71. The number of aliphatic hydroxyl groups is 1. The first-order valence-electron chi connectivity index (χ1n) is 10.8. The topological polar surface area (TPSA) is 35.9 Å². The summed E-state index contributed by atoms with van der Waals surface area (Å²) in [7, 11) is 0. The van der Waals surface area contributed by atoms with Crippen LogP contribution in [0.15, 0.2) is 24.3 Å². The molecular weight excluding hydrogens is 355 g/mol. The Kier molecular flexibility index (Phi) is 5.45. The van der Waals surface area contributed by atoms with Gasteiger partial charge in [0.2, 0.25) is 0 Å². The van der Waals surface area contributed by atoms with Crippen molar-refractivity contribution in [2.24, 2.45) is 16.7 Å². The number of piperazine rings is 1. The number of halogens is 1. The summed E-state index contributed by atoms with van der Waals surface area (Å²) in [5.74, 6) is 0.567. The first-order valence-corrected chi connectivity index (χ1v) is 10.8. The average molecular weight is 391 g/mol. The molecule has 0 aromatic heterocycles. The summed E-state index contributed by atoms with van der Waals surface area (Å²) in [4.78, 5) is 4.58. The van der Waals surface area contributed by atoms with Gasteiger partial charge in [-0.25, -0.2) is 4.39 Å². The van der Waals surface area contributed by atoms with E-state index < -0.39 is 6.10 Å². The van der Waals surface area contributed by atoms with E-state index in [1.807, 2.05) is 12.1 Å². The minimum Gasteiger partial charge on any atom is -0.389 e. The molecule has 5 heteroatoms. The standard InChI is InChI=1S/C23H35FN2O2/c1-22(2)17-8-9-23(22,3)21(14-17)28-16-20(27)15-25-10-12-26(13-11-25)19-6-4-18(24)5-7-19/h4-7,17,20-21,27H,8-16H2,1-3H3/t17-,20-,21-,23+/m1/s1. The van der Waals surface area contributed by atoms with Crippen LogP contribution < -0.4 is 4.90 Å². The van der Waals surface area contributed by atoms with Crippen LogP contribution >= 0.6 is 0 Å². The summed E-state index contributed by atoms with van der Waals surface area (Å²) in [5.41, 5.74) is 1.66. The second-order valence-electron chi connectivity index (χ2n) is 9.85. The Labute approximate surface area is 168 Å². The zero-order valence-electron chi connectivity index (χ0n) is 17.5. The third kappa shape index (κ3) is 3.57. The Balaban J connectivity index is 1.21. The zero-order valence-corrected chi connectivity index (χ0v) is 17.5. The summed E-state index contributed by atoms with van der Waals surface area (Å²) in [5, 5.41) is 10.5. The van der Waals surface area contributed by atoms with E-state index in [9.17, 15) is 9.50 Å². The van der Waals surface area contributed by atoms with Crippen molar-refractivity contribution in [3.63, 3.8) is 0 Å². The van der Waals surface area contributed by atoms with Gasteiger partial charge in [0.1, 0.15) is 5.82 Å². The molecule has 1 aromatic rings. The van der Waals surface area contributed by atoms with Crippen LogP contribution in [0.25, 0.3) is 0 Å². The van der Waals surface area contributed by atoms with Gasteiger partial charge in [0.15, 0.2) is 0 Å². The fourth-order valence-corrected chi connectivity index (χ4v) is 5.80. The molecule has 0 amide bonds. The van der Waals surface area contributed by atoms with Crippen LogP contribution in [0.2, 0.25) is 0 Å². The third-order valence-corrected chi connectivity index (χ3v) is 8.24. The van der Waals surface area contributed by atoms with Gasteiger partial charge in [-0.3, -0.25) is 4.90 Å². The van der Waals surface area contributed by atoms with Gasteiger partial charge in [0.05, 0.1) is 18.8 Å². The molecule has 0 radical (unpaired) electrons. The number of nitrogens with zero attached hydrogens (tertiary/aromatic N) is 2. The van der Waals surface area contributed by atoms with Crippen LogP contribution in [-0.2, 0) is 4.74 Å². The van der Waals surface area contributed by atoms with E-state index >= 15 is 0 Å². The maximum Gasteiger partial charge on any atom is 0.123 e. The molecule has 3 fully saturated rings. The molecule has 1 saturated heterocycles. The SMILES string of the molecule is CC1(C)[C@@H]2CC[C@@]1(C)[C@H](OC[C@H](O)CN1CCN(c3ccc(F)cc3)CC1)C2. The van der Waals surface area contributed by atoms with Crippen molar-refractivity contribution in [2.75, 3.05) is 44.2 Å². The van der Waals surface area contributed by atoms with Crippen molar-refractivity contribution in [1.29, 1.82) is 0 Å². The fourth-order valence-electron chi connectivity index (χ4n) is 5.80. The first kappa shape index (κ1) is 20.1. The minimum absolute atomic E-state index is 0.196. The van der Waals surface area contributed by atoms with Gasteiger partial charge in [-0.2, -0.15) is 0 Å². The summed E-state index contributed by atoms with van der Waals surface area (Å²) >= 11 is 0. The number of ether oxygens (including phenoxy) is 1. The zero-order chi connectivity index (χ0) is 19.9. The average Bonchev–Trinajstić information content (AvgIpc) is 3.01. The molecule has 28 heavy (non-hydrogen) atoms. The lowest BCUT2D eigenvalue weighted by molar-refractivity contribution is -0.0794. The fraction of sp³-hybridized carbons (Fsp3) is 0.739. The third-order valence-electron chi connectivity index (χ3n) is 8.24. The normalized spacial score (nSPS) is 33.4. The van der Waals surface area contributed by atoms with Crippen LogP contribution in [0.1, 0.15) is 40.0 Å². The number of fused-ring (bicyclic) bond motifs is 2. The molecule has 2 saturated carbocycles. The van der Waals surface area contributed by atoms with Gasteiger partial charge in [-0.05, 0) is 60.3 Å². The highest BCUT2D eigenvalue weighted by Gasteiger charge is 2.61. The maximum atomic E-state index is 13.1. The van der Waals surface area contributed by atoms with Gasteiger partial charge in [-0.1, -0.05) is 20.8 Å². The lowest BCUT2D eigenvalue weighted by Gasteiger charge is -2.39. The van der Waals surface area contributed by atoms with Crippen LogP contribution in [0.4, 0.5) is 10.1 Å². The van der Waals surface area contributed by atoms with E-state index in [0.29, 0.717) is 18.6 Å². The highest BCUT2D eigenvalue weighted by Crippen LogP contribution is 2.66. The molecule has 4 nitrogen and oxygen atoms in total. The van der Waals surface area contributed by atoms with E-state index in [1.165, 1.54) is 25.0 Å². The second-order valence-corrected chi connectivity index (χ2v) is 9.85. The molecule has 4 atom stereocenters. The van der Waals surface area contributed by atoms with E-state index in [1.54, 1.807) is 0 Å². The smallest absolute Gasteiger partial charge is 0.123 e. The van der Waals surface area contributed by atoms with E-state index in [2.05, 4.69) is 30.6 Å². The number of benzene rings is 1. The summed E-state index contributed by atoms with van der Waals surface area (Å²) < 4.78 is 19.4. The quantitative estimate of drug-likeness (QED) is 0.806. The Bertz CT molecular complexity index is 672. The largest absolute Gasteiger partial charge is 0.389 e. The Hall–Kier alpha value is -1.17. The number of hydrogen-bond acceptors (Lipinski definition) is 4. The highest BCUT2D eigenvalue weighted by atomic mass is 19.1. The van der Waals surface area contributed by atoms with Gasteiger partial charge in [-0.15, -0.1) is 0 Å². The predicted molar refractivity (Wildman–Crippen MR) is 110 cm³/mol. The molecule has 1 N–H and O–H groups in total. The maximum absolute atomic E-state index is 13.1. The van der Waals surface area contributed by atoms with E-state index in [0.717, 1.165) is 44.2 Å². The Morgan fingerprint density at radius 2 is 1.82 bits per heavy atom. The monoisotopic (exact) mass is 390 g/mol. The van der Waals surface area contributed by atoms with E-state index in [-0.39, 0.29) is 17.3 Å². The van der Waals surface area contributed by atoms with Crippen LogP contribution in [-0.4, -0.2) is 61.5 Å². The summed E-state index contributed by atoms with van der Waals surface area (Å²) in [6.45, 7) is 11.9. The van der Waals surface area contributed by atoms with Crippen molar-refractivity contribution >= 4 is 5.69 Å². The molecule has 156 valence electrons. The lowest BCUT2D eigenvalue weighted by atomic mass is 9.70. The van der Waals surface area contributed by atoms with Crippen molar-refractivity contribution in [3.8, 4) is 0 Å². The van der Waals surface area contributed by atoms with Gasteiger partial charge >= 0.3 is 0 Å². The van der Waals surface area contributed by atoms with Crippen molar-refractivity contribution in [1.82, 2.24) is 4.90 Å². The van der Waals surface area contributed by atoms with Crippen LogP contribution in [0, 0.1) is 22.6 Å². The minimum atomic E-state index is -0.441. The Morgan fingerprint density at radius 3 is 2.39 bits per heavy atom. The molecule has 3 aliphatic rings. The van der Waals surface area contributed by atoms with Crippen LogP contribution in [0.3, 0.4) is 0 Å². The molecule has 2 bridgehead atoms. The first-order chi connectivity index (χ1) is 13.3. The van der Waals surface area contributed by atoms with Gasteiger partial charge in [0, 0.05) is 38.4 Å². The second kappa shape index (κ2) is 7.58. The number of hydrogen-bond donors (Lipinski definition) is 1. The van der Waals surface area contributed by atoms with Crippen molar-refractivity contribution in [2.45, 2.75) is 52.2 Å². The van der Waals surface area contributed by atoms with Crippen molar-refractivity contribution < 1.29 is 14.2 Å². The molecule has 2 aliphatic carbocycles. The lowest BCUT2D eigenvalue weighted by Crippen LogP contribution is -2.49. The number of β-amino-alcohol motifs (C(OH)–C–C–N with tert-alkyl or cyclic N) is 1. The summed E-state index contributed by atoms with van der Waals surface area (Å²) in [6.07, 6.45) is 3.56.